The molecule has 2 aromatic carbocycles. The Balaban J connectivity index is 1.85. The van der Waals surface area contributed by atoms with Crippen LogP contribution >= 0.6 is 0 Å². The van der Waals surface area contributed by atoms with E-state index >= 15 is 0 Å². The van der Waals surface area contributed by atoms with Crippen LogP contribution in [0.2, 0.25) is 0 Å². The molecule has 6 nitrogen and oxygen atoms in total. The highest BCUT2D eigenvalue weighted by Crippen LogP contribution is 2.25. The van der Waals surface area contributed by atoms with Crippen molar-refractivity contribution in [1.29, 1.82) is 0 Å². The molecule has 0 radical (unpaired) electrons. The van der Waals surface area contributed by atoms with Gasteiger partial charge in [0.2, 0.25) is 0 Å². The van der Waals surface area contributed by atoms with Gasteiger partial charge < -0.3 is 25.3 Å². The van der Waals surface area contributed by atoms with Gasteiger partial charge in [0, 0.05) is 12.2 Å². The molecule has 3 N–H and O–H groups in total. The molecule has 0 atom stereocenters. The minimum Gasteiger partial charge on any atom is -0.497 e. The Labute approximate surface area is 161 Å². The average Bonchev–Trinajstić information content (AvgIpc) is 2.65. The molecule has 9 heteroatoms. The van der Waals surface area contributed by atoms with Gasteiger partial charge in [0.25, 0.3) is 0 Å². The molecule has 0 heterocycles. The van der Waals surface area contributed by atoms with Crippen LogP contribution in [0.15, 0.2) is 47.5 Å². The largest absolute Gasteiger partial charge is 0.573 e. The number of nitrogens with one attached hydrogen (secondary N) is 1. The Kier molecular flexibility index (Phi) is 7.36. The molecule has 0 unspecified atom stereocenters. The first-order valence-electron chi connectivity index (χ1n) is 8.44. The molecule has 0 spiro atoms. The summed E-state index contributed by atoms with van der Waals surface area (Å²) in [4.78, 5) is 4.21. The van der Waals surface area contributed by atoms with Gasteiger partial charge >= 0.3 is 6.36 Å². The van der Waals surface area contributed by atoms with Gasteiger partial charge in [-0.1, -0.05) is 0 Å². The number of guanidine groups is 1. The summed E-state index contributed by atoms with van der Waals surface area (Å²) in [5, 5.41) is 2.82. The van der Waals surface area contributed by atoms with Gasteiger partial charge in [-0.3, -0.25) is 4.99 Å². The summed E-state index contributed by atoms with van der Waals surface area (Å²) in [6, 6.07) is 10.8. The Bertz CT molecular complexity index is 793. The first kappa shape index (κ1) is 21.2. The van der Waals surface area contributed by atoms with Gasteiger partial charge in [0.05, 0.1) is 14.2 Å². The van der Waals surface area contributed by atoms with Gasteiger partial charge in [0.15, 0.2) is 5.96 Å². The van der Waals surface area contributed by atoms with E-state index in [0.29, 0.717) is 12.2 Å². The second kappa shape index (κ2) is 9.72. The number of alkyl halides is 3. The molecule has 0 aliphatic heterocycles. The molecular weight excluding hydrogens is 375 g/mol. The first-order valence-corrected chi connectivity index (χ1v) is 8.44. The third kappa shape index (κ3) is 6.90. The highest BCUT2D eigenvalue weighted by atomic mass is 19.4. The van der Waals surface area contributed by atoms with Crippen LogP contribution < -0.4 is 25.3 Å². The maximum Gasteiger partial charge on any atom is 0.573 e. The number of hydrogen-bond donors (Lipinski definition) is 2. The predicted molar refractivity (Wildman–Crippen MR) is 101 cm³/mol. The van der Waals surface area contributed by atoms with Crippen molar-refractivity contribution >= 4 is 11.6 Å². The fraction of sp³-hybridized carbons (Fsp3) is 0.316. The van der Waals surface area contributed by atoms with Crippen molar-refractivity contribution in [3.8, 4) is 17.2 Å². The Morgan fingerprint density at radius 2 is 1.71 bits per heavy atom. The topological polar surface area (TPSA) is 78.1 Å². The molecular formula is C19H22F3N3O3. The highest BCUT2D eigenvalue weighted by molar-refractivity contribution is 5.92. The Morgan fingerprint density at radius 1 is 1.04 bits per heavy atom. The fourth-order valence-electron chi connectivity index (χ4n) is 2.47. The van der Waals surface area contributed by atoms with Crippen molar-refractivity contribution in [2.75, 3.05) is 26.1 Å². The maximum absolute atomic E-state index is 12.1. The SMILES string of the molecule is COc1ccc(OC)c(CCCN=C(N)Nc2ccc(OC(F)(F)F)cc2)c1. The minimum absolute atomic E-state index is 0.169. The molecule has 0 aliphatic rings. The van der Waals surface area contributed by atoms with Crippen molar-refractivity contribution in [2.24, 2.45) is 10.7 Å². The molecule has 0 aliphatic carbocycles. The molecule has 0 saturated heterocycles. The van der Waals surface area contributed by atoms with E-state index < -0.39 is 6.36 Å². The molecule has 152 valence electrons. The van der Waals surface area contributed by atoms with Crippen LogP contribution in [0.25, 0.3) is 0 Å². The number of aryl methyl sites for hydroxylation is 1. The third-order valence-electron chi connectivity index (χ3n) is 3.73. The van der Waals surface area contributed by atoms with E-state index in [0.717, 1.165) is 29.9 Å². The normalized spacial score (nSPS) is 11.8. The molecule has 0 saturated carbocycles. The molecule has 0 bridgehead atoms. The molecule has 0 aromatic heterocycles. The van der Waals surface area contributed by atoms with Crippen LogP contribution in [-0.2, 0) is 6.42 Å². The monoisotopic (exact) mass is 397 g/mol. The van der Waals surface area contributed by atoms with E-state index in [-0.39, 0.29) is 11.7 Å². The second-order valence-electron chi connectivity index (χ2n) is 5.75. The summed E-state index contributed by atoms with van der Waals surface area (Å²) in [7, 11) is 3.21. The number of rotatable bonds is 8. The minimum atomic E-state index is -4.72. The van der Waals surface area contributed by atoms with Crippen LogP contribution in [0.5, 0.6) is 17.2 Å². The van der Waals surface area contributed by atoms with Gasteiger partial charge in [-0.05, 0) is 60.9 Å². The van der Waals surface area contributed by atoms with Crippen LogP contribution in [-0.4, -0.2) is 33.1 Å². The van der Waals surface area contributed by atoms with Crippen LogP contribution in [0, 0.1) is 0 Å². The summed E-state index contributed by atoms with van der Waals surface area (Å²) in [5.41, 5.74) is 7.32. The van der Waals surface area contributed by atoms with E-state index in [2.05, 4.69) is 15.0 Å². The molecule has 0 fully saturated rings. The summed E-state index contributed by atoms with van der Waals surface area (Å²) in [5.74, 6) is 1.39. The van der Waals surface area contributed by atoms with Crippen LogP contribution in [0.3, 0.4) is 0 Å². The van der Waals surface area contributed by atoms with Crippen molar-refractivity contribution in [3.05, 3.63) is 48.0 Å². The van der Waals surface area contributed by atoms with E-state index in [1.807, 2.05) is 18.2 Å². The number of nitrogens with zero attached hydrogens (tertiary/aromatic N) is 1. The first-order chi connectivity index (χ1) is 13.3. The molecule has 0 amide bonds. The predicted octanol–water partition coefficient (Wildman–Crippen LogP) is 3.96. The standard InChI is InChI=1S/C19H22F3N3O3/c1-26-16-9-10-17(27-2)13(12-16)4-3-11-24-18(23)25-14-5-7-15(8-6-14)28-19(20,21)22/h5-10,12H,3-4,11H2,1-2H3,(H3,23,24,25). The van der Waals surface area contributed by atoms with Crippen molar-refractivity contribution < 1.29 is 27.4 Å². The lowest BCUT2D eigenvalue weighted by atomic mass is 10.1. The lowest BCUT2D eigenvalue weighted by Gasteiger charge is -2.11. The lowest BCUT2D eigenvalue weighted by molar-refractivity contribution is -0.274. The Morgan fingerprint density at radius 3 is 2.32 bits per heavy atom. The van der Waals surface area contributed by atoms with Crippen LogP contribution in [0.4, 0.5) is 18.9 Å². The van der Waals surface area contributed by atoms with Gasteiger partial charge in [0.1, 0.15) is 17.2 Å². The zero-order valence-corrected chi connectivity index (χ0v) is 15.5. The smallest absolute Gasteiger partial charge is 0.497 e. The quantitative estimate of drug-likeness (QED) is 0.401. The number of hydrogen-bond acceptors (Lipinski definition) is 4. The molecule has 2 aromatic rings. The summed E-state index contributed by atoms with van der Waals surface area (Å²) in [6.45, 7) is 0.467. The van der Waals surface area contributed by atoms with E-state index in [1.54, 1.807) is 14.2 Å². The van der Waals surface area contributed by atoms with E-state index in [9.17, 15) is 13.2 Å². The molecule has 2 rings (SSSR count). The average molecular weight is 397 g/mol. The number of methoxy groups -OCH3 is 2. The van der Waals surface area contributed by atoms with Crippen molar-refractivity contribution in [3.63, 3.8) is 0 Å². The maximum atomic E-state index is 12.1. The zero-order chi connectivity index (χ0) is 20.6. The van der Waals surface area contributed by atoms with E-state index in [4.69, 9.17) is 15.2 Å². The number of ether oxygens (including phenoxy) is 3. The van der Waals surface area contributed by atoms with Gasteiger partial charge in [-0.15, -0.1) is 13.2 Å². The third-order valence-corrected chi connectivity index (χ3v) is 3.73. The van der Waals surface area contributed by atoms with Gasteiger partial charge in [-0.2, -0.15) is 0 Å². The van der Waals surface area contributed by atoms with E-state index in [1.165, 1.54) is 24.3 Å². The lowest BCUT2D eigenvalue weighted by Crippen LogP contribution is -2.23. The fourth-order valence-corrected chi connectivity index (χ4v) is 2.47. The van der Waals surface area contributed by atoms with Crippen molar-refractivity contribution in [1.82, 2.24) is 0 Å². The number of benzene rings is 2. The second-order valence-corrected chi connectivity index (χ2v) is 5.75. The Hall–Kier alpha value is -3.10. The summed E-state index contributed by atoms with van der Waals surface area (Å²) < 4.78 is 50.8. The molecule has 28 heavy (non-hydrogen) atoms. The highest BCUT2D eigenvalue weighted by Gasteiger charge is 2.30. The number of anilines is 1. The summed E-state index contributed by atoms with van der Waals surface area (Å²) in [6.07, 6.45) is -3.27. The number of halogens is 3. The number of nitrogens with two attached hydrogens (primary N) is 1. The summed E-state index contributed by atoms with van der Waals surface area (Å²) >= 11 is 0. The zero-order valence-electron chi connectivity index (χ0n) is 15.5. The van der Waals surface area contributed by atoms with Crippen molar-refractivity contribution in [2.45, 2.75) is 19.2 Å². The van der Waals surface area contributed by atoms with Crippen LogP contribution in [0.1, 0.15) is 12.0 Å². The van der Waals surface area contributed by atoms with Gasteiger partial charge in [-0.25, -0.2) is 0 Å². The number of aliphatic imine (C=N–C) groups is 1.